The molecule has 0 amide bonds. The van der Waals surface area contributed by atoms with Crippen LogP contribution in [-0.2, 0) is 33.3 Å². The summed E-state index contributed by atoms with van der Waals surface area (Å²) in [6, 6.07) is 0. The molecule has 0 aromatic heterocycles. The van der Waals surface area contributed by atoms with E-state index in [1.807, 2.05) is 27.7 Å². The maximum atomic E-state index is 12.3. The van der Waals surface area contributed by atoms with Crippen LogP contribution in [0.15, 0.2) is 22.8 Å². The molecule has 1 N–H and O–H groups in total. The van der Waals surface area contributed by atoms with Gasteiger partial charge in [-0.1, -0.05) is 27.7 Å². The first-order valence-electron chi connectivity index (χ1n) is 10.3. The molecule has 170 valence electrons. The summed E-state index contributed by atoms with van der Waals surface area (Å²) in [5, 5.41) is 9.88. The van der Waals surface area contributed by atoms with Gasteiger partial charge in [0.25, 0.3) is 0 Å². The number of hydrogen-bond donors (Lipinski definition) is 1. The second kappa shape index (κ2) is 11.0. The predicted octanol–water partition coefficient (Wildman–Crippen LogP) is 2.35. The fourth-order valence-corrected chi connectivity index (χ4v) is 3.74. The molecule has 0 bridgehead atoms. The van der Waals surface area contributed by atoms with E-state index in [-0.39, 0.29) is 37.4 Å². The summed E-state index contributed by atoms with van der Waals surface area (Å²) in [5.41, 5.74) is 1.96. The van der Waals surface area contributed by atoms with Crippen molar-refractivity contribution in [1.29, 1.82) is 0 Å². The van der Waals surface area contributed by atoms with Crippen molar-refractivity contribution in [3.05, 3.63) is 22.8 Å². The van der Waals surface area contributed by atoms with Gasteiger partial charge in [0.2, 0.25) is 6.29 Å². The molecular weight excluding hydrogens is 392 g/mol. The van der Waals surface area contributed by atoms with Crippen LogP contribution < -0.4 is 0 Å². The molecule has 0 saturated heterocycles. The number of carbonyl (C=O) groups excluding carboxylic acids is 2. The average molecular weight is 427 g/mol. The topological polar surface area (TPSA) is 101 Å². The van der Waals surface area contributed by atoms with Gasteiger partial charge in [-0.15, -0.1) is 0 Å². The van der Waals surface area contributed by atoms with Crippen LogP contribution in [0.3, 0.4) is 0 Å². The number of hydrogen-bond acceptors (Lipinski definition) is 8. The molecule has 2 aliphatic rings. The molecule has 8 nitrogen and oxygen atoms in total. The van der Waals surface area contributed by atoms with Crippen LogP contribution in [0.2, 0.25) is 0 Å². The number of aliphatic hydroxyl groups is 1. The summed E-state index contributed by atoms with van der Waals surface area (Å²) in [6.45, 7) is 7.44. The highest BCUT2D eigenvalue weighted by atomic mass is 16.8. The van der Waals surface area contributed by atoms with E-state index in [9.17, 15) is 14.7 Å². The van der Waals surface area contributed by atoms with Crippen molar-refractivity contribution in [2.24, 2.45) is 17.8 Å². The molecule has 0 aromatic rings. The normalized spacial score (nSPS) is 26.1. The Hall–Kier alpha value is -1.74. The summed E-state index contributed by atoms with van der Waals surface area (Å²) >= 11 is 0. The first-order valence-corrected chi connectivity index (χ1v) is 10.3. The van der Waals surface area contributed by atoms with Gasteiger partial charge in [0.15, 0.2) is 6.29 Å². The van der Waals surface area contributed by atoms with E-state index in [0.29, 0.717) is 17.6 Å². The lowest BCUT2D eigenvalue weighted by Gasteiger charge is -2.38. The largest absolute Gasteiger partial charge is 0.461 e. The van der Waals surface area contributed by atoms with Crippen molar-refractivity contribution in [3.63, 3.8) is 0 Å². The summed E-state index contributed by atoms with van der Waals surface area (Å²) in [7, 11) is 3.01. The van der Waals surface area contributed by atoms with E-state index >= 15 is 0 Å². The van der Waals surface area contributed by atoms with Crippen LogP contribution in [-0.4, -0.2) is 63.2 Å². The van der Waals surface area contributed by atoms with E-state index in [1.165, 1.54) is 7.11 Å². The first kappa shape index (κ1) is 24.5. The molecule has 0 saturated carbocycles. The Kier molecular flexibility index (Phi) is 9.03. The molecule has 4 unspecified atom stereocenters. The summed E-state index contributed by atoms with van der Waals surface area (Å²) in [5.74, 6) is -0.935. The number of ether oxygens (including phenoxy) is 5. The van der Waals surface area contributed by atoms with Gasteiger partial charge in [-0.3, -0.25) is 9.59 Å². The molecule has 8 heteroatoms. The van der Waals surface area contributed by atoms with Crippen LogP contribution >= 0.6 is 0 Å². The third-order valence-corrected chi connectivity index (χ3v) is 5.03. The second-order valence-electron chi connectivity index (χ2n) is 8.43. The fourth-order valence-electron chi connectivity index (χ4n) is 3.74. The monoisotopic (exact) mass is 426 g/mol. The van der Waals surface area contributed by atoms with Crippen LogP contribution in [0.5, 0.6) is 0 Å². The Balaban J connectivity index is 2.34. The molecule has 30 heavy (non-hydrogen) atoms. The van der Waals surface area contributed by atoms with Crippen molar-refractivity contribution in [3.8, 4) is 0 Å². The molecule has 0 spiro atoms. The minimum absolute atomic E-state index is 0.0328. The molecular formula is C22H34O8. The highest BCUT2D eigenvalue weighted by Crippen LogP contribution is 2.44. The van der Waals surface area contributed by atoms with Crippen molar-refractivity contribution < 1.29 is 38.4 Å². The van der Waals surface area contributed by atoms with Crippen molar-refractivity contribution in [2.75, 3.05) is 27.4 Å². The van der Waals surface area contributed by atoms with Crippen LogP contribution in [0, 0.1) is 17.8 Å². The van der Waals surface area contributed by atoms with E-state index in [4.69, 9.17) is 23.7 Å². The summed E-state index contributed by atoms with van der Waals surface area (Å²) in [6.07, 6.45) is 0.0150. The van der Waals surface area contributed by atoms with E-state index in [0.717, 1.165) is 5.57 Å². The summed E-state index contributed by atoms with van der Waals surface area (Å²) < 4.78 is 28.1. The van der Waals surface area contributed by atoms with Gasteiger partial charge in [-0.05, 0) is 29.1 Å². The third kappa shape index (κ3) is 5.91. The van der Waals surface area contributed by atoms with Gasteiger partial charge in [0, 0.05) is 32.6 Å². The zero-order valence-electron chi connectivity index (χ0n) is 18.7. The molecule has 4 atom stereocenters. The molecule has 0 aromatic carbocycles. The summed E-state index contributed by atoms with van der Waals surface area (Å²) in [4.78, 5) is 24.4. The molecule has 2 rings (SSSR count). The smallest absolute Gasteiger partial charge is 0.308 e. The minimum Gasteiger partial charge on any atom is -0.461 e. The van der Waals surface area contributed by atoms with Gasteiger partial charge in [-0.2, -0.15) is 0 Å². The zero-order chi connectivity index (χ0) is 22.4. The van der Waals surface area contributed by atoms with E-state index < -0.39 is 30.6 Å². The quantitative estimate of drug-likeness (QED) is 0.420. The molecule has 1 aliphatic carbocycles. The highest BCUT2D eigenvalue weighted by Gasteiger charge is 2.47. The Labute approximate surface area is 178 Å². The molecule has 0 radical (unpaired) electrons. The number of fused-ring (bicyclic) bond motifs is 1. The molecule has 1 heterocycles. The minimum atomic E-state index is -0.968. The number of methoxy groups -OCH3 is 2. The van der Waals surface area contributed by atoms with Crippen LogP contribution in [0.25, 0.3) is 0 Å². The Morgan fingerprint density at radius 1 is 1.07 bits per heavy atom. The van der Waals surface area contributed by atoms with Crippen molar-refractivity contribution in [2.45, 2.75) is 59.2 Å². The van der Waals surface area contributed by atoms with Crippen LogP contribution in [0.4, 0.5) is 0 Å². The lowest BCUT2D eigenvalue weighted by Crippen LogP contribution is -2.44. The number of carbonyl (C=O) groups is 2. The van der Waals surface area contributed by atoms with Gasteiger partial charge in [0.05, 0.1) is 18.6 Å². The first-order chi connectivity index (χ1) is 14.2. The van der Waals surface area contributed by atoms with E-state index in [2.05, 4.69) is 0 Å². The lowest BCUT2D eigenvalue weighted by atomic mass is 9.88. The average Bonchev–Trinajstić information content (AvgIpc) is 3.04. The van der Waals surface area contributed by atoms with Gasteiger partial charge >= 0.3 is 11.9 Å². The Bertz CT molecular complexity index is 679. The number of rotatable bonds is 10. The zero-order valence-corrected chi connectivity index (χ0v) is 18.7. The molecule has 0 fully saturated rings. The third-order valence-electron chi connectivity index (χ3n) is 5.03. The van der Waals surface area contributed by atoms with E-state index in [1.54, 1.807) is 13.2 Å². The van der Waals surface area contributed by atoms with Gasteiger partial charge in [-0.25, -0.2) is 0 Å². The fraction of sp³-hybridized carbons (Fsp3) is 0.727. The molecule has 1 aliphatic heterocycles. The number of esters is 2. The number of aliphatic hydroxyl groups excluding tert-OH is 1. The predicted molar refractivity (Wildman–Crippen MR) is 108 cm³/mol. The maximum absolute atomic E-state index is 12.3. The highest BCUT2D eigenvalue weighted by molar-refractivity contribution is 5.70. The Morgan fingerprint density at radius 2 is 1.70 bits per heavy atom. The Morgan fingerprint density at radius 3 is 2.23 bits per heavy atom. The lowest BCUT2D eigenvalue weighted by molar-refractivity contribution is -0.242. The van der Waals surface area contributed by atoms with Crippen LogP contribution in [0.1, 0.15) is 40.5 Å². The standard InChI is InChI=1S/C22H34O8/c1-12(2)7-17(24)28-11-15-20-16(26-5)9-14(10-23)19(20)22(30-21(15)27-6)29-18(25)8-13(3)4/h9,12-13,16,19,21-23H,7-8,10-11H2,1-6H3. The van der Waals surface area contributed by atoms with Crippen molar-refractivity contribution >= 4 is 11.9 Å². The maximum Gasteiger partial charge on any atom is 0.308 e. The van der Waals surface area contributed by atoms with Crippen molar-refractivity contribution in [1.82, 2.24) is 0 Å². The van der Waals surface area contributed by atoms with Gasteiger partial charge in [0.1, 0.15) is 6.61 Å². The second-order valence-corrected chi connectivity index (χ2v) is 8.43. The van der Waals surface area contributed by atoms with Gasteiger partial charge < -0.3 is 28.8 Å². The SMILES string of the molecule is COC1C=C(CO)C2C1=C(COC(=O)CC(C)C)C(OC)OC2OC(=O)CC(C)C.